The summed E-state index contributed by atoms with van der Waals surface area (Å²) in [5.74, 6) is 0.732. The Kier molecular flexibility index (Phi) is 4.63. The molecule has 0 aliphatic heterocycles. The molecule has 1 aliphatic carbocycles. The van der Waals surface area contributed by atoms with Crippen LogP contribution in [0, 0.1) is 18.8 Å². The van der Waals surface area contributed by atoms with E-state index in [-0.39, 0.29) is 0 Å². The van der Waals surface area contributed by atoms with E-state index in [4.69, 9.17) is 5.11 Å². The summed E-state index contributed by atoms with van der Waals surface area (Å²) in [7, 11) is 0. The van der Waals surface area contributed by atoms with Crippen LogP contribution >= 0.6 is 11.3 Å². The molecule has 2 rings (SSSR count). The van der Waals surface area contributed by atoms with Gasteiger partial charge in [-0.25, -0.2) is 4.79 Å². The lowest BCUT2D eigenvalue weighted by atomic mass is 9.80. The number of aryl methyl sites for hydroxylation is 1. The molecule has 0 aromatic carbocycles. The second kappa shape index (κ2) is 6.06. The maximum Gasteiger partial charge on any atom is 0.345 e. The topological polar surface area (TPSA) is 49.3 Å². The van der Waals surface area contributed by atoms with Gasteiger partial charge >= 0.3 is 5.97 Å². The molecule has 1 aromatic rings. The molecular formula is C15H23NO2S. The number of carbonyl (C=O) groups is 1. The molecule has 1 aliphatic rings. The van der Waals surface area contributed by atoms with Crippen molar-refractivity contribution in [2.45, 2.75) is 52.6 Å². The van der Waals surface area contributed by atoms with E-state index in [0.29, 0.717) is 16.8 Å². The fourth-order valence-electron chi connectivity index (χ4n) is 3.01. The molecule has 3 unspecified atom stereocenters. The van der Waals surface area contributed by atoms with Gasteiger partial charge in [-0.2, -0.15) is 0 Å². The van der Waals surface area contributed by atoms with Gasteiger partial charge in [0.15, 0.2) is 0 Å². The van der Waals surface area contributed by atoms with E-state index >= 15 is 0 Å². The van der Waals surface area contributed by atoms with Crippen molar-refractivity contribution in [3.63, 3.8) is 0 Å². The van der Waals surface area contributed by atoms with Crippen molar-refractivity contribution < 1.29 is 9.90 Å². The normalized spacial score (nSPS) is 27.4. The van der Waals surface area contributed by atoms with E-state index in [2.05, 4.69) is 19.2 Å². The van der Waals surface area contributed by atoms with Gasteiger partial charge in [0, 0.05) is 17.5 Å². The van der Waals surface area contributed by atoms with Crippen molar-refractivity contribution in [3.8, 4) is 0 Å². The fraction of sp³-hybridized carbons (Fsp3) is 0.667. The number of aromatic carboxylic acids is 1. The van der Waals surface area contributed by atoms with Gasteiger partial charge in [-0.3, -0.25) is 0 Å². The fourth-order valence-corrected chi connectivity index (χ4v) is 3.89. The van der Waals surface area contributed by atoms with Crippen LogP contribution in [0.4, 0.5) is 0 Å². The van der Waals surface area contributed by atoms with Crippen LogP contribution in [-0.2, 0) is 6.54 Å². The average molecular weight is 281 g/mol. The number of carboxylic acids is 1. The minimum atomic E-state index is -0.820. The Morgan fingerprint density at radius 3 is 2.79 bits per heavy atom. The van der Waals surface area contributed by atoms with Gasteiger partial charge in [0.1, 0.15) is 4.88 Å². The molecule has 0 saturated heterocycles. The Balaban J connectivity index is 1.93. The Bertz CT molecular complexity index is 455. The number of hydrogen-bond donors (Lipinski definition) is 2. The molecule has 1 saturated carbocycles. The Labute approximate surface area is 119 Å². The molecule has 4 heteroatoms. The standard InChI is InChI=1S/C15H23NO2S/c1-9-4-5-13(10(2)6-9)16-8-12-7-14(15(17)18)19-11(12)3/h7,9-10,13,16H,4-6,8H2,1-3H3,(H,17,18). The maximum absolute atomic E-state index is 11.0. The van der Waals surface area contributed by atoms with Crippen LogP contribution in [0.15, 0.2) is 6.07 Å². The highest BCUT2D eigenvalue weighted by molar-refractivity contribution is 7.14. The molecule has 106 valence electrons. The lowest BCUT2D eigenvalue weighted by molar-refractivity contribution is 0.0702. The summed E-state index contributed by atoms with van der Waals surface area (Å²) in [4.78, 5) is 12.5. The molecule has 0 bridgehead atoms. The molecule has 2 N–H and O–H groups in total. The van der Waals surface area contributed by atoms with Crippen molar-refractivity contribution in [2.75, 3.05) is 0 Å². The lowest BCUT2D eigenvalue weighted by Crippen LogP contribution is -2.38. The molecule has 0 radical (unpaired) electrons. The molecule has 1 aromatic heterocycles. The predicted octanol–water partition coefficient (Wildman–Crippen LogP) is 3.67. The van der Waals surface area contributed by atoms with Gasteiger partial charge in [0.05, 0.1) is 0 Å². The minimum Gasteiger partial charge on any atom is -0.477 e. The average Bonchev–Trinajstić information content (AvgIpc) is 2.70. The summed E-state index contributed by atoms with van der Waals surface area (Å²) >= 11 is 1.37. The van der Waals surface area contributed by atoms with E-state index < -0.39 is 5.97 Å². The highest BCUT2D eigenvalue weighted by Crippen LogP contribution is 2.29. The second-order valence-electron chi connectivity index (χ2n) is 5.88. The van der Waals surface area contributed by atoms with Crippen LogP contribution < -0.4 is 5.32 Å². The summed E-state index contributed by atoms with van der Waals surface area (Å²) < 4.78 is 0. The molecular weight excluding hydrogens is 258 g/mol. The molecule has 1 fully saturated rings. The van der Waals surface area contributed by atoms with Crippen molar-refractivity contribution >= 4 is 17.3 Å². The minimum absolute atomic E-state index is 0.444. The van der Waals surface area contributed by atoms with Crippen molar-refractivity contribution in [2.24, 2.45) is 11.8 Å². The Morgan fingerprint density at radius 1 is 1.47 bits per heavy atom. The summed E-state index contributed by atoms with van der Waals surface area (Å²) in [5, 5.41) is 12.6. The number of carboxylic acid groups (broad SMARTS) is 1. The van der Waals surface area contributed by atoms with Crippen LogP contribution in [0.5, 0.6) is 0 Å². The molecule has 3 nitrogen and oxygen atoms in total. The zero-order valence-corrected chi connectivity index (χ0v) is 12.7. The third-order valence-corrected chi connectivity index (χ3v) is 5.30. The first-order chi connectivity index (χ1) is 8.97. The summed E-state index contributed by atoms with van der Waals surface area (Å²) in [6.45, 7) is 7.44. The zero-order valence-electron chi connectivity index (χ0n) is 11.9. The quantitative estimate of drug-likeness (QED) is 0.885. The number of hydrogen-bond acceptors (Lipinski definition) is 3. The summed E-state index contributed by atoms with van der Waals surface area (Å²) in [6, 6.07) is 2.38. The molecule has 3 atom stereocenters. The first-order valence-electron chi connectivity index (χ1n) is 7.03. The van der Waals surface area contributed by atoms with Crippen molar-refractivity contribution in [3.05, 3.63) is 21.4 Å². The predicted molar refractivity (Wildman–Crippen MR) is 78.8 cm³/mol. The molecule has 0 amide bonds. The van der Waals surface area contributed by atoms with E-state index in [9.17, 15) is 4.79 Å². The van der Waals surface area contributed by atoms with E-state index in [1.807, 2.05) is 13.0 Å². The first-order valence-corrected chi connectivity index (χ1v) is 7.85. The van der Waals surface area contributed by atoms with Crippen LogP contribution in [0.1, 0.15) is 53.2 Å². The van der Waals surface area contributed by atoms with Crippen LogP contribution in [0.2, 0.25) is 0 Å². The highest BCUT2D eigenvalue weighted by Gasteiger charge is 2.25. The number of rotatable bonds is 4. The van der Waals surface area contributed by atoms with Crippen LogP contribution in [0.25, 0.3) is 0 Å². The van der Waals surface area contributed by atoms with E-state index in [1.165, 1.54) is 30.6 Å². The third-order valence-electron chi connectivity index (χ3n) is 4.22. The number of thiophene rings is 1. The smallest absolute Gasteiger partial charge is 0.345 e. The third kappa shape index (κ3) is 3.57. The van der Waals surface area contributed by atoms with Crippen LogP contribution in [0.3, 0.4) is 0 Å². The SMILES string of the molecule is Cc1sc(C(=O)O)cc1CNC1CCC(C)CC1C. The zero-order chi connectivity index (χ0) is 14.0. The second-order valence-corrected chi connectivity index (χ2v) is 7.14. The summed E-state index contributed by atoms with van der Waals surface area (Å²) in [6.07, 6.45) is 3.82. The van der Waals surface area contributed by atoms with Gasteiger partial charge in [0.2, 0.25) is 0 Å². The summed E-state index contributed by atoms with van der Waals surface area (Å²) in [5.41, 5.74) is 1.13. The monoisotopic (exact) mass is 281 g/mol. The van der Waals surface area contributed by atoms with E-state index in [0.717, 1.165) is 22.9 Å². The van der Waals surface area contributed by atoms with Crippen molar-refractivity contribution in [1.29, 1.82) is 0 Å². The molecule has 1 heterocycles. The Morgan fingerprint density at radius 2 is 2.21 bits per heavy atom. The van der Waals surface area contributed by atoms with Gasteiger partial charge < -0.3 is 10.4 Å². The van der Waals surface area contributed by atoms with Gasteiger partial charge in [-0.1, -0.05) is 13.8 Å². The van der Waals surface area contributed by atoms with Gasteiger partial charge in [-0.15, -0.1) is 11.3 Å². The number of nitrogens with one attached hydrogen (secondary N) is 1. The molecule has 19 heavy (non-hydrogen) atoms. The first kappa shape index (κ1) is 14.5. The van der Waals surface area contributed by atoms with Gasteiger partial charge in [-0.05, 0) is 49.7 Å². The van der Waals surface area contributed by atoms with Gasteiger partial charge in [0.25, 0.3) is 0 Å². The highest BCUT2D eigenvalue weighted by atomic mass is 32.1. The maximum atomic E-state index is 11.0. The molecule has 0 spiro atoms. The van der Waals surface area contributed by atoms with Crippen molar-refractivity contribution in [1.82, 2.24) is 5.32 Å². The van der Waals surface area contributed by atoms with Crippen LogP contribution in [-0.4, -0.2) is 17.1 Å². The Hall–Kier alpha value is -0.870. The lowest BCUT2D eigenvalue weighted by Gasteiger charge is -2.33. The van der Waals surface area contributed by atoms with E-state index in [1.54, 1.807) is 0 Å². The largest absolute Gasteiger partial charge is 0.477 e.